The average Bonchev–Trinajstić information content (AvgIpc) is 2.40. The highest BCUT2D eigenvalue weighted by molar-refractivity contribution is 7.99. The molecule has 0 aliphatic carbocycles. The summed E-state index contributed by atoms with van der Waals surface area (Å²) in [6.07, 6.45) is 3.94. The largest absolute Gasteiger partial charge is 0.354 e. The molecule has 0 fully saturated rings. The average molecular weight is 370 g/mol. The third-order valence-corrected chi connectivity index (χ3v) is 7.15. The predicted molar refractivity (Wildman–Crippen MR) is 84.7 cm³/mol. The van der Waals surface area contributed by atoms with E-state index in [9.17, 15) is 9.13 Å². The Hall–Kier alpha value is -0.240. The zero-order valence-electron chi connectivity index (χ0n) is 11.8. The summed E-state index contributed by atoms with van der Waals surface area (Å²) in [5.74, 6) is 0.859. The molecule has 8 nitrogen and oxygen atoms in total. The second-order valence-electron chi connectivity index (χ2n) is 4.58. The molecule has 0 aliphatic heterocycles. The van der Waals surface area contributed by atoms with Crippen molar-refractivity contribution in [1.82, 2.24) is 10.3 Å². The number of rotatable bonds is 10. The molecule has 126 valence electrons. The van der Waals surface area contributed by atoms with Crippen LogP contribution in [0.15, 0.2) is 29.4 Å². The fraction of sp³-hybridized carbons (Fsp3) is 0.545. The van der Waals surface area contributed by atoms with Gasteiger partial charge in [-0.1, -0.05) is 12.5 Å². The van der Waals surface area contributed by atoms with Crippen molar-refractivity contribution in [2.45, 2.75) is 29.8 Å². The summed E-state index contributed by atoms with van der Waals surface area (Å²) < 4.78 is 22.1. The van der Waals surface area contributed by atoms with E-state index >= 15 is 0 Å². The number of unbranched alkanes of at least 4 members (excludes halogenated alkanes) is 2. The Balaban J connectivity index is 2.19. The van der Waals surface area contributed by atoms with Crippen LogP contribution in [-0.4, -0.2) is 42.4 Å². The fourth-order valence-electron chi connectivity index (χ4n) is 1.68. The second-order valence-corrected chi connectivity index (χ2v) is 9.49. The van der Waals surface area contributed by atoms with Crippen molar-refractivity contribution in [3.63, 3.8) is 0 Å². The van der Waals surface area contributed by atoms with Crippen molar-refractivity contribution in [3.05, 3.63) is 24.4 Å². The van der Waals surface area contributed by atoms with Gasteiger partial charge >= 0.3 is 15.2 Å². The van der Waals surface area contributed by atoms with Crippen LogP contribution in [0.2, 0.25) is 0 Å². The molecule has 1 rings (SSSR count). The summed E-state index contributed by atoms with van der Waals surface area (Å²) in [7, 11) is -9.77. The summed E-state index contributed by atoms with van der Waals surface area (Å²) in [5, 5.41) is 3.20. The van der Waals surface area contributed by atoms with Gasteiger partial charge in [0.1, 0.15) is 0 Å². The van der Waals surface area contributed by atoms with Crippen LogP contribution in [0, 0.1) is 0 Å². The van der Waals surface area contributed by atoms with E-state index in [0.29, 0.717) is 6.42 Å². The van der Waals surface area contributed by atoms with Gasteiger partial charge in [-0.25, -0.2) is 4.98 Å². The van der Waals surface area contributed by atoms with Gasteiger partial charge < -0.3 is 19.6 Å². The molecule has 11 heteroatoms. The number of nitrogens with zero attached hydrogens (tertiary/aromatic N) is 1. The quantitative estimate of drug-likeness (QED) is 0.236. The maximum absolute atomic E-state index is 11.0. The van der Waals surface area contributed by atoms with Gasteiger partial charge in [0.2, 0.25) is 5.52 Å². The summed E-state index contributed by atoms with van der Waals surface area (Å²) in [6.45, 7) is 0.134. The molecule has 0 bridgehead atoms. The maximum atomic E-state index is 11.0. The van der Waals surface area contributed by atoms with E-state index < -0.39 is 20.7 Å². The van der Waals surface area contributed by atoms with Crippen molar-refractivity contribution >= 4 is 27.0 Å². The first-order chi connectivity index (χ1) is 10.2. The molecule has 0 aliphatic rings. The van der Waals surface area contributed by atoms with Crippen LogP contribution in [0.4, 0.5) is 0 Å². The molecule has 5 N–H and O–H groups in total. The molecule has 1 heterocycles. The molecule has 0 aromatic carbocycles. The lowest BCUT2D eigenvalue weighted by Gasteiger charge is -2.20. The molecule has 0 radical (unpaired) electrons. The third kappa shape index (κ3) is 7.85. The van der Waals surface area contributed by atoms with Gasteiger partial charge in [-0.2, -0.15) is 0 Å². The molecule has 0 spiro atoms. The molecular weight excluding hydrogens is 350 g/mol. The number of aromatic nitrogens is 1. The number of hydrogen-bond donors (Lipinski definition) is 5. The van der Waals surface area contributed by atoms with E-state index in [4.69, 9.17) is 19.6 Å². The molecule has 0 saturated carbocycles. The summed E-state index contributed by atoms with van der Waals surface area (Å²) in [4.78, 5) is 39.9. The molecule has 0 unspecified atom stereocenters. The first kappa shape index (κ1) is 19.8. The lowest BCUT2D eigenvalue weighted by molar-refractivity contribution is 0.327. The van der Waals surface area contributed by atoms with E-state index in [1.807, 2.05) is 18.2 Å². The van der Waals surface area contributed by atoms with E-state index in [0.717, 1.165) is 23.6 Å². The van der Waals surface area contributed by atoms with E-state index in [1.165, 1.54) is 0 Å². The van der Waals surface area contributed by atoms with Gasteiger partial charge in [0, 0.05) is 6.20 Å². The van der Waals surface area contributed by atoms with E-state index in [-0.39, 0.29) is 6.54 Å². The van der Waals surface area contributed by atoms with Crippen LogP contribution in [0.3, 0.4) is 0 Å². The summed E-state index contributed by atoms with van der Waals surface area (Å²) in [5.41, 5.74) is -2.12. The van der Waals surface area contributed by atoms with Gasteiger partial charge in [0.15, 0.2) is 0 Å². The highest BCUT2D eigenvalue weighted by Crippen LogP contribution is 2.58. The molecular formula is C11H20N2O6P2S. The van der Waals surface area contributed by atoms with Crippen LogP contribution in [0.5, 0.6) is 0 Å². The number of hydrogen-bond acceptors (Lipinski definition) is 5. The first-order valence-electron chi connectivity index (χ1n) is 6.59. The Morgan fingerprint density at radius 3 is 2.32 bits per heavy atom. The highest BCUT2D eigenvalue weighted by atomic mass is 32.2. The molecule has 1 aromatic rings. The molecule has 0 saturated heterocycles. The minimum atomic E-state index is -4.89. The monoisotopic (exact) mass is 370 g/mol. The third-order valence-electron chi connectivity index (χ3n) is 2.67. The molecule has 0 atom stereocenters. The zero-order chi connectivity index (χ0) is 16.6. The van der Waals surface area contributed by atoms with Gasteiger partial charge in [0.25, 0.3) is 0 Å². The number of thioether (sulfide) groups is 1. The Morgan fingerprint density at radius 2 is 1.77 bits per heavy atom. The maximum Gasteiger partial charge on any atom is 0.354 e. The van der Waals surface area contributed by atoms with Crippen LogP contribution in [0.25, 0.3) is 0 Å². The smallest absolute Gasteiger partial charge is 0.323 e. The Bertz CT molecular complexity index is 513. The minimum absolute atomic E-state index is 0.134. The van der Waals surface area contributed by atoms with Gasteiger partial charge in [-0.05, 0) is 37.3 Å². The number of pyridine rings is 1. The standard InChI is InChI=1S/C11H20N2O6P2S/c14-20(15,16)11(21(17,18)19)13-8-3-1-5-9-22-10-6-2-4-7-12-10/h2,4,6-7,11,13H,1,3,5,8-9H2,(H2,14,15,16)(H2,17,18,19). The minimum Gasteiger partial charge on any atom is -0.323 e. The number of nitrogens with one attached hydrogen (secondary N) is 1. The predicted octanol–water partition coefficient (Wildman–Crippen LogP) is 1.57. The van der Waals surface area contributed by atoms with Crippen LogP contribution in [0.1, 0.15) is 19.3 Å². The van der Waals surface area contributed by atoms with Crippen molar-refractivity contribution in [2.24, 2.45) is 0 Å². The van der Waals surface area contributed by atoms with Crippen LogP contribution in [-0.2, 0) is 9.13 Å². The van der Waals surface area contributed by atoms with Crippen LogP contribution < -0.4 is 5.32 Å². The lowest BCUT2D eigenvalue weighted by Crippen LogP contribution is -2.29. The van der Waals surface area contributed by atoms with Crippen molar-refractivity contribution in [2.75, 3.05) is 12.3 Å². The van der Waals surface area contributed by atoms with Crippen LogP contribution >= 0.6 is 27.0 Å². The lowest BCUT2D eigenvalue weighted by atomic mass is 10.2. The van der Waals surface area contributed by atoms with Crippen molar-refractivity contribution < 1.29 is 28.7 Å². The second kappa shape index (κ2) is 9.15. The van der Waals surface area contributed by atoms with E-state index in [1.54, 1.807) is 18.0 Å². The zero-order valence-corrected chi connectivity index (χ0v) is 14.4. The van der Waals surface area contributed by atoms with Crippen molar-refractivity contribution in [3.8, 4) is 0 Å². The topological polar surface area (TPSA) is 140 Å². The normalized spacial score (nSPS) is 12.8. The molecule has 22 heavy (non-hydrogen) atoms. The van der Waals surface area contributed by atoms with Gasteiger partial charge in [0.05, 0.1) is 5.03 Å². The fourth-order valence-corrected chi connectivity index (χ4v) is 4.85. The Labute approximate surface area is 133 Å². The summed E-state index contributed by atoms with van der Waals surface area (Å²) >= 11 is 1.61. The highest BCUT2D eigenvalue weighted by Gasteiger charge is 2.42. The SMILES string of the molecule is O=P(O)(O)C(NCCCCCSc1ccccn1)P(=O)(O)O. The Morgan fingerprint density at radius 1 is 1.09 bits per heavy atom. The Kier molecular flexibility index (Phi) is 8.24. The molecule has 1 aromatic heterocycles. The van der Waals surface area contributed by atoms with E-state index in [2.05, 4.69) is 10.3 Å². The van der Waals surface area contributed by atoms with Crippen molar-refractivity contribution in [1.29, 1.82) is 0 Å². The first-order valence-corrected chi connectivity index (χ1v) is 10.9. The van der Waals surface area contributed by atoms with Gasteiger partial charge in [-0.3, -0.25) is 14.4 Å². The van der Waals surface area contributed by atoms with Gasteiger partial charge in [-0.15, -0.1) is 11.8 Å². The summed E-state index contributed by atoms with van der Waals surface area (Å²) in [6, 6.07) is 5.66. The molecule has 0 amide bonds.